The molecule has 0 saturated heterocycles. The third kappa shape index (κ3) is 2.75. The van der Waals surface area contributed by atoms with Crippen molar-refractivity contribution >= 4 is 5.97 Å². The number of carboxylic acids is 1. The van der Waals surface area contributed by atoms with Crippen LogP contribution in [0.2, 0.25) is 0 Å². The molecule has 0 aliphatic rings. The van der Waals surface area contributed by atoms with Crippen LogP contribution in [0.4, 0.5) is 0 Å². The number of hydrogen-bond donors (Lipinski definition) is 1. The summed E-state index contributed by atoms with van der Waals surface area (Å²) in [6.07, 6.45) is 0.406. The molecule has 0 radical (unpaired) electrons. The summed E-state index contributed by atoms with van der Waals surface area (Å²) in [6.45, 7) is 3.71. The van der Waals surface area contributed by atoms with Crippen molar-refractivity contribution in [3.05, 3.63) is 5.82 Å². The summed E-state index contributed by atoms with van der Waals surface area (Å²) in [6, 6.07) is -0.236. The van der Waals surface area contributed by atoms with Gasteiger partial charge in [0.1, 0.15) is 6.10 Å². The zero-order chi connectivity index (χ0) is 12.1. The first-order chi connectivity index (χ1) is 7.60. The third-order valence-corrected chi connectivity index (χ3v) is 2.46. The van der Waals surface area contributed by atoms with E-state index in [1.165, 1.54) is 4.68 Å². The van der Waals surface area contributed by atoms with Crippen molar-refractivity contribution in [2.24, 2.45) is 0 Å². The van der Waals surface area contributed by atoms with Crippen LogP contribution in [0, 0.1) is 0 Å². The Bertz CT molecular complexity index is 352. The average Bonchev–Trinajstić information content (AvgIpc) is 2.73. The molecule has 7 nitrogen and oxygen atoms in total. The van der Waals surface area contributed by atoms with Gasteiger partial charge in [0.25, 0.3) is 0 Å². The molecular formula is C9H16N4O3. The quantitative estimate of drug-likeness (QED) is 0.774. The van der Waals surface area contributed by atoms with Crippen LogP contribution in [0.3, 0.4) is 0 Å². The van der Waals surface area contributed by atoms with Crippen LogP contribution < -0.4 is 0 Å². The van der Waals surface area contributed by atoms with Crippen LogP contribution in [0.1, 0.15) is 44.7 Å². The van der Waals surface area contributed by atoms with Gasteiger partial charge in [-0.2, -0.15) is 0 Å². The minimum absolute atomic E-state index is 0.00493. The second kappa shape index (κ2) is 5.55. The molecule has 16 heavy (non-hydrogen) atoms. The Hall–Kier alpha value is -1.50. The van der Waals surface area contributed by atoms with Crippen molar-refractivity contribution < 1.29 is 14.6 Å². The Labute approximate surface area is 93.4 Å². The number of tetrazole rings is 1. The van der Waals surface area contributed by atoms with Crippen LogP contribution in [0.25, 0.3) is 0 Å². The third-order valence-electron chi connectivity index (χ3n) is 2.46. The summed E-state index contributed by atoms with van der Waals surface area (Å²) in [4.78, 5) is 10.7. The molecule has 0 aromatic carbocycles. The standard InChI is InChI=1S/C9H16N4O3/c1-4-7(5-8(14)15)13-9(6(2)16-3)10-11-12-13/h6-7H,4-5H2,1-3H3,(H,14,15). The molecule has 2 atom stereocenters. The normalized spacial score (nSPS) is 14.7. The maximum atomic E-state index is 10.7. The van der Waals surface area contributed by atoms with Crippen molar-refractivity contribution in [3.63, 3.8) is 0 Å². The largest absolute Gasteiger partial charge is 0.481 e. The lowest BCUT2D eigenvalue weighted by Crippen LogP contribution is -2.18. The molecule has 0 bridgehead atoms. The van der Waals surface area contributed by atoms with Crippen LogP contribution in [-0.2, 0) is 9.53 Å². The number of aromatic nitrogens is 4. The van der Waals surface area contributed by atoms with Crippen molar-refractivity contribution in [3.8, 4) is 0 Å². The zero-order valence-electron chi connectivity index (χ0n) is 9.62. The number of nitrogens with zero attached hydrogens (tertiary/aromatic N) is 4. The van der Waals surface area contributed by atoms with Gasteiger partial charge in [-0.1, -0.05) is 6.92 Å². The minimum Gasteiger partial charge on any atom is -0.481 e. The molecule has 1 heterocycles. The van der Waals surface area contributed by atoms with Crippen molar-refractivity contribution in [2.75, 3.05) is 7.11 Å². The molecule has 0 amide bonds. The molecule has 0 aliphatic carbocycles. The highest BCUT2D eigenvalue weighted by molar-refractivity contribution is 5.67. The lowest BCUT2D eigenvalue weighted by atomic mass is 10.1. The van der Waals surface area contributed by atoms with E-state index in [2.05, 4.69) is 15.5 Å². The Kier molecular flexibility index (Phi) is 4.36. The molecule has 1 aromatic rings. The van der Waals surface area contributed by atoms with E-state index in [1.807, 2.05) is 13.8 Å². The van der Waals surface area contributed by atoms with E-state index in [0.717, 1.165) is 0 Å². The van der Waals surface area contributed by atoms with Crippen LogP contribution in [0.15, 0.2) is 0 Å². The second-order valence-corrected chi connectivity index (χ2v) is 3.52. The summed E-state index contributed by atoms with van der Waals surface area (Å²) in [5.41, 5.74) is 0. The Morgan fingerprint density at radius 2 is 2.31 bits per heavy atom. The lowest BCUT2D eigenvalue weighted by molar-refractivity contribution is -0.138. The fourth-order valence-corrected chi connectivity index (χ4v) is 1.44. The van der Waals surface area contributed by atoms with Gasteiger partial charge in [-0.05, 0) is 23.8 Å². The van der Waals surface area contributed by atoms with Crippen molar-refractivity contribution in [1.82, 2.24) is 20.2 Å². The van der Waals surface area contributed by atoms with Crippen LogP contribution >= 0.6 is 0 Å². The first-order valence-corrected chi connectivity index (χ1v) is 5.12. The number of hydrogen-bond acceptors (Lipinski definition) is 5. The molecular weight excluding hydrogens is 212 g/mol. The van der Waals surface area contributed by atoms with E-state index in [1.54, 1.807) is 7.11 Å². The fraction of sp³-hybridized carbons (Fsp3) is 0.778. The highest BCUT2D eigenvalue weighted by atomic mass is 16.5. The monoisotopic (exact) mass is 228 g/mol. The molecule has 0 fully saturated rings. The van der Waals surface area contributed by atoms with Gasteiger partial charge in [0.05, 0.1) is 12.5 Å². The van der Waals surface area contributed by atoms with Crippen molar-refractivity contribution in [1.29, 1.82) is 0 Å². The molecule has 0 saturated carbocycles. The maximum absolute atomic E-state index is 10.7. The van der Waals surface area contributed by atoms with Crippen LogP contribution in [0.5, 0.6) is 0 Å². The predicted octanol–water partition coefficient (Wildman–Crippen LogP) is 0.806. The summed E-state index contributed by atoms with van der Waals surface area (Å²) < 4.78 is 6.65. The topological polar surface area (TPSA) is 90.1 Å². The molecule has 90 valence electrons. The SMILES string of the molecule is CCC(CC(=O)O)n1nnnc1C(C)OC. The van der Waals surface area contributed by atoms with E-state index in [9.17, 15) is 4.79 Å². The number of carboxylic acid groups (broad SMARTS) is 1. The van der Waals surface area contributed by atoms with Crippen molar-refractivity contribution in [2.45, 2.75) is 38.8 Å². The summed E-state index contributed by atoms with van der Waals surface area (Å²) in [5, 5.41) is 20.0. The molecule has 1 aromatic heterocycles. The number of methoxy groups -OCH3 is 1. The fourth-order valence-electron chi connectivity index (χ4n) is 1.44. The molecule has 0 spiro atoms. The maximum Gasteiger partial charge on any atom is 0.305 e. The number of ether oxygens (including phenoxy) is 1. The van der Waals surface area contributed by atoms with Gasteiger partial charge >= 0.3 is 5.97 Å². The highest BCUT2D eigenvalue weighted by Crippen LogP contribution is 2.20. The predicted molar refractivity (Wildman–Crippen MR) is 54.8 cm³/mol. The van der Waals surface area contributed by atoms with Gasteiger partial charge in [-0.3, -0.25) is 4.79 Å². The Morgan fingerprint density at radius 1 is 1.62 bits per heavy atom. The van der Waals surface area contributed by atoms with Gasteiger partial charge in [-0.25, -0.2) is 4.68 Å². The van der Waals surface area contributed by atoms with E-state index in [4.69, 9.17) is 9.84 Å². The van der Waals surface area contributed by atoms with E-state index >= 15 is 0 Å². The molecule has 7 heteroatoms. The average molecular weight is 228 g/mol. The molecule has 2 unspecified atom stereocenters. The van der Waals surface area contributed by atoms with Gasteiger partial charge in [0.15, 0.2) is 5.82 Å². The summed E-state index contributed by atoms with van der Waals surface area (Å²) in [7, 11) is 1.56. The van der Waals surface area contributed by atoms with Gasteiger partial charge in [0.2, 0.25) is 0 Å². The first-order valence-electron chi connectivity index (χ1n) is 5.12. The number of aliphatic carboxylic acids is 1. The zero-order valence-corrected chi connectivity index (χ0v) is 9.62. The second-order valence-electron chi connectivity index (χ2n) is 3.52. The number of rotatable bonds is 6. The van der Waals surface area contributed by atoms with E-state index < -0.39 is 5.97 Å². The molecule has 1 rings (SSSR count). The first kappa shape index (κ1) is 12.6. The minimum atomic E-state index is -0.863. The van der Waals surface area contributed by atoms with Gasteiger partial charge < -0.3 is 9.84 Å². The molecule has 1 N–H and O–H groups in total. The van der Waals surface area contributed by atoms with E-state index in [-0.39, 0.29) is 18.6 Å². The summed E-state index contributed by atoms with van der Waals surface area (Å²) in [5.74, 6) is -0.311. The number of carbonyl (C=O) groups is 1. The molecule has 0 aliphatic heterocycles. The van der Waals surface area contributed by atoms with E-state index in [0.29, 0.717) is 12.2 Å². The lowest BCUT2D eigenvalue weighted by Gasteiger charge is -2.16. The Morgan fingerprint density at radius 3 is 2.81 bits per heavy atom. The van der Waals surface area contributed by atoms with Crippen LogP contribution in [-0.4, -0.2) is 38.4 Å². The Balaban J connectivity index is 2.92. The summed E-state index contributed by atoms with van der Waals surface area (Å²) >= 11 is 0. The van der Waals surface area contributed by atoms with Gasteiger partial charge in [0, 0.05) is 7.11 Å². The highest BCUT2D eigenvalue weighted by Gasteiger charge is 2.21. The van der Waals surface area contributed by atoms with Gasteiger partial charge in [-0.15, -0.1) is 5.10 Å². The smallest absolute Gasteiger partial charge is 0.305 e.